The molecular formula is C17H26ClN5O9P2. The molecule has 14 nitrogen and oxygen atoms in total. The Hall–Kier alpha value is -1.18. The highest BCUT2D eigenvalue weighted by Gasteiger charge is 2.46. The Kier molecular flexibility index (Phi) is 7.39. The lowest BCUT2D eigenvalue weighted by atomic mass is 10.1. The molecule has 0 radical (unpaired) electrons. The first-order valence-corrected chi connectivity index (χ1v) is 14.5. The van der Waals surface area contributed by atoms with E-state index >= 15 is 0 Å². The average Bonchev–Trinajstić information content (AvgIpc) is 3.45. The van der Waals surface area contributed by atoms with Crippen molar-refractivity contribution in [1.29, 1.82) is 0 Å². The zero-order valence-corrected chi connectivity index (χ0v) is 20.6. The lowest BCUT2D eigenvalue weighted by molar-refractivity contribution is -0.0204. The molecule has 0 bridgehead atoms. The van der Waals surface area contributed by atoms with Gasteiger partial charge in [-0.05, 0) is 24.4 Å². The Morgan fingerprint density at radius 3 is 2.56 bits per heavy atom. The number of aliphatic hydroxyl groups excluding tert-OH is 2. The summed E-state index contributed by atoms with van der Waals surface area (Å²) in [6.45, 7) is -0.690. The number of hydrogen-bond donors (Lipinski definition) is 5. The Labute approximate surface area is 199 Å². The highest BCUT2D eigenvalue weighted by molar-refractivity contribution is 7.70. The molecule has 5 atom stereocenters. The van der Waals surface area contributed by atoms with Gasteiger partial charge in [0, 0.05) is 13.1 Å². The summed E-state index contributed by atoms with van der Waals surface area (Å²) in [6, 6.07) is 0.272. The summed E-state index contributed by atoms with van der Waals surface area (Å²) >= 11 is 6.16. The molecule has 0 amide bonds. The largest absolute Gasteiger partial charge is 0.387 e. The van der Waals surface area contributed by atoms with E-state index in [1.165, 1.54) is 10.7 Å². The van der Waals surface area contributed by atoms with E-state index < -0.39 is 52.1 Å². The molecule has 1 saturated heterocycles. The third-order valence-electron chi connectivity index (χ3n) is 6.01. The van der Waals surface area contributed by atoms with Gasteiger partial charge in [0.15, 0.2) is 17.4 Å². The smallest absolute Gasteiger partial charge is 0.340 e. The van der Waals surface area contributed by atoms with E-state index in [0.717, 1.165) is 25.7 Å². The summed E-state index contributed by atoms with van der Waals surface area (Å²) in [5, 5.41) is 25.1. The van der Waals surface area contributed by atoms with E-state index in [0.29, 0.717) is 11.5 Å². The first-order valence-electron chi connectivity index (χ1n) is 10.5. The number of ether oxygens (including phenoxy) is 1. The SMILES string of the molecule is CN(c1nc(Cl)nn2c([C@@H]3O[C@H](COP(=O)(O)CP(=O)(O)O)[C@@H](O)[C@H]3O)cnc12)C1CCCC1. The highest BCUT2D eigenvalue weighted by Crippen LogP contribution is 2.55. The lowest BCUT2D eigenvalue weighted by Gasteiger charge is -2.25. The molecule has 34 heavy (non-hydrogen) atoms. The first kappa shape index (κ1) is 25.9. The topological polar surface area (TPSA) is 200 Å². The van der Waals surface area contributed by atoms with Gasteiger partial charge in [0.05, 0.1) is 18.5 Å². The molecule has 2 aromatic rings. The number of rotatable bonds is 8. The average molecular weight is 542 g/mol. The van der Waals surface area contributed by atoms with Crippen molar-refractivity contribution >= 4 is 38.3 Å². The van der Waals surface area contributed by atoms with E-state index in [2.05, 4.69) is 15.1 Å². The van der Waals surface area contributed by atoms with Gasteiger partial charge in [-0.2, -0.15) is 4.98 Å². The van der Waals surface area contributed by atoms with Gasteiger partial charge in [0.1, 0.15) is 24.4 Å². The van der Waals surface area contributed by atoms with Crippen LogP contribution in [0.4, 0.5) is 5.82 Å². The molecule has 1 saturated carbocycles. The van der Waals surface area contributed by atoms with Crippen LogP contribution < -0.4 is 4.90 Å². The van der Waals surface area contributed by atoms with Gasteiger partial charge in [-0.1, -0.05) is 12.8 Å². The second-order valence-electron chi connectivity index (χ2n) is 8.49. The van der Waals surface area contributed by atoms with Crippen LogP contribution >= 0.6 is 26.8 Å². The summed E-state index contributed by atoms with van der Waals surface area (Å²) in [5.41, 5.74) is 0.636. The molecule has 2 fully saturated rings. The van der Waals surface area contributed by atoms with Crippen LogP contribution in [0, 0.1) is 0 Å². The normalized spacial score (nSPS) is 28.0. The fraction of sp³-hybridized carbons (Fsp3) is 0.706. The predicted molar refractivity (Wildman–Crippen MR) is 119 cm³/mol. The maximum Gasteiger partial charge on any atom is 0.340 e. The number of aliphatic hydroxyl groups is 2. The summed E-state index contributed by atoms with van der Waals surface area (Å²) in [4.78, 5) is 38.1. The van der Waals surface area contributed by atoms with Gasteiger partial charge in [0.2, 0.25) is 5.28 Å². The van der Waals surface area contributed by atoms with Crippen LogP contribution in [-0.4, -0.2) is 88.4 Å². The van der Waals surface area contributed by atoms with Crippen molar-refractivity contribution in [3.05, 3.63) is 17.2 Å². The molecule has 0 aromatic carbocycles. The van der Waals surface area contributed by atoms with Crippen LogP contribution in [0.3, 0.4) is 0 Å². The zero-order valence-electron chi connectivity index (χ0n) is 18.1. The van der Waals surface area contributed by atoms with Crippen molar-refractivity contribution in [2.75, 3.05) is 24.5 Å². The van der Waals surface area contributed by atoms with Gasteiger partial charge in [-0.3, -0.25) is 9.13 Å². The van der Waals surface area contributed by atoms with E-state index in [1.54, 1.807) is 0 Å². The van der Waals surface area contributed by atoms with Gasteiger partial charge < -0.3 is 39.1 Å². The Morgan fingerprint density at radius 1 is 1.24 bits per heavy atom. The minimum absolute atomic E-state index is 0.0572. The Balaban J connectivity index is 1.56. The number of anilines is 1. The van der Waals surface area contributed by atoms with Crippen LogP contribution in [0.1, 0.15) is 37.5 Å². The van der Waals surface area contributed by atoms with Gasteiger partial charge >= 0.3 is 15.2 Å². The molecule has 1 aliphatic carbocycles. The monoisotopic (exact) mass is 541 g/mol. The number of imidazole rings is 1. The number of hydrogen-bond acceptors (Lipinski definition) is 10. The molecule has 2 aromatic heterocycles. The molecule has 190 valence electrons. The second-order valence-corrected chi connectivity index (χ2v) is 12.8. The van der Waals surface area contributed by atoms with E-state index in [9.17, 15) is 24.2 Å². The molecule has 4 rings (SSSR count). The molecule has 2 aliphatic rings. The minimum atomic E-state index is -4.81. The third kappa shape index (κ3) is 5.46. The molecule has 1 aliphatic heterocycles. The van der Waals surface area contributed by atoms with Crippen LogP contribution in [0.25, 0.3) is 5.65 Å². The third-order valence-corrected chi connectivity index (χ3v) is 9.63. The van der Waals surface area contributed by atoms with Crippen molar-refractivity contribution in [2.24, 2.45) is 0 Å². The molecule has 17 heteroatoms. The maximum absolute atomic E-state index is 11.9. The Bertz CT molecular complexity index is 1140. The maximum atomic E-state index is 11.9. The van der Waals surface area contributed by atoms with Gasteiger partial charge in [-0.25, -0.2) is 9.50 Å². The summed E-state index contributed by atoms with van der Waals surface area (Å²) in [5.74, 6) is -0.876. The van der Waals surface area contributed by atoms with Crippen LogP contribution in [-0.2, 0) is 18.4 Å². The van der Waals surface area contributed by atoms with Crippen molar-refractivity contribution in [3.63, 3.8) is 0 Å². The highest BCUT2D eigenvalue weighted by atomic mass is 35.5. The number of nitrogens with zero attached hydrogens (tertiary/aromatic N) is 5. The molecular weight excluding hydrogens is 516 g/mol. The quantitative estimate of drug-likeness (QED) is 0.292. The van der Waals surface area contributed by atoms with Crippen molar-refractivity contribution in [3.8, 4) is 0 Å². The van der Waals surface area contributed by atoms with Crippen LogP contribution in [0.5, 0.6) is 0 Å². The minimum Gasteiger partial charge on any atom is -0.387 e. The predicted octanol–water partition coefficient (Wildman–Crippen LogP) is 0.655. The molecule has 1 unspecified atom stereocenters. The first-order chi connectivity index (χ1) is 15.9. The van der Waals surface area contributed by atoms with E-state index in [4.69, 9.17) is 30.6 Å². The van der Waals surface area contributed by atoms with Gasteiger partial charge in [-0.15, -0.1) is 5.10 Å². The van der Waals surface area contributed by atoms with Gasteiger partial charge in [0.25, 0.3) is 0 Å². The van der Waals surface area contributed by atoms with Crippen LogP contribution in [0.2, 0.25) is 5.28 Å². The molecule has 3 heterocycles. The summed E-state index contributed by atoms with van der Waals surface area (Å²) in [7, 11) is -7.58. The van der Waals surface area contributed by atoms with Crippen molar-refractivity contribution in [2.45, 2.75) is 56.1 Å². The molecule has 5 N–H and O–H groups in total. The second kappa shape index (κ2) is 9.70. The van der Waals surface area contributed by atoms with Crippen molar-refractivity contribution in [1.82, 2.24) is 19.6 Å². The number of aromatic nitrogens is 4. The fourth-order valence-electron chi connectivity index (χ4n) is 4.35. The molecule has 0 spiro atoms. The Morgan fingerprint density at radius 2 is 1.91 bits per heavy atom. The van der Waals surface area contributed by atoms with Crippen LogP contribution in [0.15, 0.2) is 6.20 Å². The summed E-state index contributed by atoms with van der Waals surface area (Å²) in [6.07, 6.45) is 0.238. The number of halogens is 1. The van der Waals surface area contributed by atoms with Crippen molar-refractivity contribution < 1.29 is 43.3 Å². The van der Waals surface area contributed by atoms with E-state index in [1.807, 2.05) is 11.9 Å². The number of fused-ring (bicyclic) bond motifs is 1. The zero-order chi connectivity index (χ0) is 24.8. The lowest BCUT2D eigenvalue weighted by Crippen LogP contribution is -2.33. The standard InChI is InChI=1S/C17H26ClN5O9P2/c1-22(9-4-2-3-5-9)16-15-19-6-10(23(15)21-17(18)20-16)14-13(25)12(24)11(32-14)7-31-34(29,30)8-33(26,27)28/h6,9,11-14,24-25H,2-5,7-8H2,1H3,(H,29,30)(H2,26,27,28)/t11-,12-,13-,14+/m1/s1. The fourth-order valence-corrected chi connectivity index (χ4v) is 7.07. The summed E-state index contributed by atoms with van der Waals surface area (Å²) < 4.78 is 34.7. The van der Waals surface area contributed by atoms with E-state index in [-0.39, 0.29) is 17.0 Å².